The first kappa shape index (κ1) is 20.8. The Kier molecular flexibility index (Phi) is 6.60. The number of methoxy groups -OCH3 is 1. The topological polar surface area (TPSA) is 92.7 Å². The number of nitrogens with one attached hydrogen (secondary N) is 1. The molecule has 0 aromatic heterocycles. The second-order valence-electron chi connectivity index (χ2n) is 6.70. The molecule has 2 N–H and O–H groups in total. The van der Waals surface area contributed by atoms with Gasteiger partial charge in [-0.25, -0.2) is 9.59 Å². The lowest BCUT2D eigenvalue weighted by atomic mass is 10.0. The third-order valence-electron chi connectivity index (χ3n) is 4.65. The number of carboxylic acid groups (broad SMARTS) is 1. The predicted molar refractivity (Wildman–Crippen MR) is 112 cm³/mol. The van der Waals surface area contributed by atoms with Crippen molar-refractivity contribution in [3.63, 3.8) is 0 Å². The van der Waals surface area contributed by atoms with E-state index in [2.05, 4.69) is 10.1 Å². The van der Waals surface area contributed by atoms with Crippen LogP contribution in [0.15, 0.2) is 78.9 Å². The molecule has 0 spiro atoms. The first-order chi connectivity index (χ1) is 14.5. The number of carbonyl (C=O) groups excluding carboxylic acids is 2. The number of aliphatic carboxylic acids is 1. The molecule has 0 heterocycles. The quantitative estimate of drug-likeness (QED) is 0.589. The van der Waals surface area contributed by atoms with Gasteiger partial charge < -0.3 is 15.2 Å². The van der Waals surface area contributed by atoms with E-state index in [-0.39, 0.29) is 17.5 Å². The minimum absolute atomic E-state index is 0.132. The summed E-state index contributed by atoms with van der Waals surface area (Å²) in [7, 11) is 1.25. The van der Waals surface area contributed by atoms with Crippen LogP contribution in [-0.2, 0) is 16.0 Å². The summed E-state index contributed by atoms with van der Waals surface area (Å²) in [6.07, 6.45) is 0.132. The number of amides is 1. The molecule has 0 aliphatic rings. The predicted octanol–water partition coefficient (Wildman–Crippen LogP) is 3.57. The molecule has 1 atom stereocenters. The van der Waals surface area contributed by atoms with Crippen LogP contribution in [0.1, 0.15) is 26.3 Å². The minimum atomic E-state index is -1.14. The van der Waals surface area contributed by atoms with Gasteiger partial charge in [-0.15, -0.1) is 0 Å². The van der Waals surface area contributed by atoms with Gasteiger partial charge in [-0.1, -0.05) is 60.7 Å². The lowest BCUT2D eigenvalue weighted by Crippen LogP contribution is -2.42. The highest BCUT2D eigenvalue weighted by atomic mass is 16.5. The lowest BCUT2D eigenvalue weighted by molar-refractivity contribution is -0.139. The second kappa shape index (κ2) is 9.52. The molecule has 6 nitrogen and oxygen atoms in total. The van der Waals surface area contributed by atoms with E-state index in [9.17, 15) is 19.5 Å². The Balaban J connectivity index is 1.71. The average molecular weight is 403 g/mol. The normalized spacial score (nSPS) is 11.4. The molecule has 152 valence electrons. The Labute approximate surface area is 174 Å². The molecule has 3 aromatic carbocycles. The van der Waals surface area contributed by atoms with E-state index in [4.69, 9.17) is 0 Å². The summed E-state index contributed by atoms with van der Waals surface area (Å²) in [6, 6.07) is 22.2. The summed E-state index contributed by atoms with van der Waals surface area (Å²) < 4.78 is 4.65. The standard InChI is InChI=1S/C24H21NO5/c1-30-24(29)20-9-5-8-19(15-20)22(26)25-21(23(27)28)14-16-10-12-18(13-11-16)17-6-3-2-4-7-17/h2-13,15,21H,14H2,1H3,(H,25,26)(H,27,28)/t21-/m0/s1. The number of carboxylic acids is 1. The van der Waals surface area contributed by atoms with Crippen molar-refractivity contribution in [1.29, 1.82) is 0 Å². The summed E-state index contributed by atoms with van der Waals surface area (Å²) in [4.78, 5) is 35.9. The number of ether oxygens (including phenoxy) is 1. The van der Waals surface area contributed by atoms with Gasteiger partial charge in [-0.2, -0.15) is 0 Å². The van der Waals surface area contributed by atoms with Crippen molar-refractivity contribution in [1.82, 2.24) is 5.32 Å². The van der Waals surface area contributed by atoms with Crippen LogP contribution in [0, 0.1) is 0 Å². The molecule has 0 saturated carbocycles. The van der Waals surface area contributed by atoms with Crippen molar-refractivity contribution in [3.05, 3.63) is 95.6 Å². The van der Waals surface area contributed by atoms with Crippen LogP contribution >= 0.6 is 0 Å². The van der Waals surface area contributed by atoms with Gasteiger partial charge in [0.05, 0.1) is 12.7 Å². The molecule has 6 heteroatoms. The van der Waals surface area contributed by atoms with Crippen molar-refractivity contribution in [3.8, 4) is 11.1 Å². The number of benzene rings is 3. The maximum Gasteiger partial charge on any atom is 0.337 e. The molecular weight excluding hydrogens is 382 g/mol. The Morgan fingerprint density at radius 2 is 1.50 bits per heavy atom. The van der Waals surface area contributed by atoms with Crippen molar-refractivity contribution in [2.75, 3.05) is 7.11 Å². The van der Waals surface area contributed by atoms with E-state index in [1.54, 1.807) is 6.07 Å². The fourth-order valence-corrected chi connectivity index (χ4v) is 3.05. The van der Waals surface area contributed by atoms with E-state index in [1.807, 2.05) is 54.6 Å². The summed E-state index contributed by atoms with van der Waals surface area (Å²) in [5, 5.41) is 12.1. The van der Waals surface area contributed by atoms with Crippen molar-refractivity contribution < 1.29 is 24.2 Å². The van der Waals surface area contributed by atoms with Crippen LogP contribution in [-0.4, -0.2) is 36.1 Å². The molecule has 0 unspecified atom stereocenters. The molecule has 0 aliphatic carbocycles. The van der Waals surface area contributed by atoms with Gasteiger partial charge in [-0.3, -0.25) is 4.79 Å². The highest BCUT2D eigenvalue weighted by molar-refractivity contribution is 5.99. The van der Waals surface area contributed by atoms with Crippen molar-refractivity contribution in [2.24, 2.45) is 0 Å². The zero-order valence-corrected chi connectivity index (χ0v) is 16.4. The maximum atomic E-state index is 12.5. The third kappa shape index (κ3) is 5.11. The van der Waals surface area contributed by atoms with E-state index < -0.39 is 23.9 Å². The van der Waals surface area contributed by atoms with Crippen LogP contribution in [0.25, 0.3) is 11.1 Å². The van der Waals surface area contributed by atoms with Gasteiger partial charge in [0.1, 0.15) is 6.04 Å². The molecule has 0 radical (unpaired) electrons. The van der Waals surface area contributed by atoms with Crippen LogP contribution in [0.4, 0.5) is 0 Å². The smallest absolute Gasteiger partial charge is 0.337 e. The largest absolute Gasteiger partial charge is 0.480 e. The zero-order valence-electron chi connectivity index (χ0n) is 16.4. The highest BCUT2D eigenvalue weighted by Gasteiger charge is 2.22. The molecule has 0 aliphatic heterocycles. The molecule has 3 rings (SSSR count). The fourth-order valence-electron chi connectivity index (χ4n) is 3.05. The van der Waals surface area contributed by atoms with E-state index in [1.165, 1.54) is 25.3 Å². The molecular formula is C24H21NO5. The third-order valence-corrected chi connectivity index (χ3v) is 4.65. The molecule has 30 heavy (non-hydrogen) atoms. The summed E-state index contributed by atoms with van der Waals surface area (Å²) >= 11 is 0. The molecule has 1 amide bonds. The molecule has 0 saturated heterocycles. The highest BCUT2D eigenvalue weighted by Crippen LogP contribution is 2.20. The summed E-state index contributed by atoms with van der Waals surface area (Å²) in [5.74, 6) is -2.29. The Hall–Kier alpha value is -3.93. The monoisotopic (exact) mass is 403 g/mol. The van der Waals surface area contributed by atoms with E-state index in [0.29, 0.717) is 0 Å². The van der Waals surface area contributed by atoms with Crippen molar-refractivity contribution >= 4 is 17.8 Å². The van der Waals surface area contributed by atoms with Gasteiger partial charge in [0.25, 0.3) is 5.91 Å². The number of carbonyl (C=O) groups is 3. The number of rotatable bonds is 7. The Morgan fingerprint density at radius 3 is 2.13 bits per heavy atom. The van der Waals surface area contributed by atoms with E-state index >= 15 is 0 Å². The van der Waals surface area contributed by atoms with Crippen LogP contribution in [0.5, 0.6) is 0 Å². The Morgan fingerprint density at radius 1 is 0.867 bits per heavy atom. The number of hydrogen-bond acceptors (Lipinski definition) is 4. The van der Waals surface area contributed by atoms with Crippen molar-refractivity contribution in [2.45, 2.75) is 12.5 Å². The first-order valence-electron chi connectivity index (χ1n) is 9.34. The minimum Gasteiger partial charge on any atom is -0.480 e. The maximum absolute atomic E-state index is 12.5. The van der Waals surface area contributed by atoms with Gasteiger partial charge in [0, 0.05) is 12.0 Å². The molecule has 3 aromatic rings. The molecule has 0 bridgehead atoms. The van der Waals surface area contributed by atoms with Crippen LogP contribution in [0.3, 0.4) is 0 Å². The summed E-state index contributed by atoms with van der Waals surface area (Å²) in [6.45, 7) is 0. The van der Waals surface area contributed by atoms with E-state index in [0.717, 1.165) is 16.7 Å². The van der Waals surface area contributed by atoms with Crippen LogP contribution < -0.4 is 5.32 Å². The lowest BCUT2D eigenvalue weighted by Gasteiger charge is -2.15. The van der Waals surface area contributed by atoms with Gasteiger partial charge in [0.2, 0.25) is 0 Å². The Bertz CT molecular complexity index is 1040. The fraction of sp³-hybridized carbons (Fsp3) is 0.125. The zero-order chi connectivity index (χ0) is 21.5. The average Bonchev–Trinajstić information content (AvgIpc) is 2.79. The van der Waals surface area contributed by atoms with Crippen LogP contribution in [0.2, 0.25) is 0 Å². The number of hydrogen-bond donors (Lipinski definition) is 2. The first-order valence-corrected chi connectivity index (χ1v) is 9.34. The SMILES string of the molecule is COC(=O)c1cccc(C(=O)N[C@@H](Cc2ccc(-c3ccccc3)cc2)C(=O)O)c1. The summed E-state index contributed by atoms with van der Waals surface area (Å²) in [5.41, 5.74) is 3.27. The van der Waals surface area contributed by atoms with Gasteiger partial charge in [0.15, 0.2) is 0 Å². The number of esters is 1. The van der Waals surface area contributed by atoms with Gasteiger partial charge in [-0.05, 0) is 34.9 Å². The van der Waals surface area contributed by atoms with Gasteiger partial charge >= 0.3 is 11.9 Å². The molecule has 0 fully saturated rings. The second-order valence-corrected chi connectivity index (χ2v) is 6.70.